The van der Waals surface area contributed by atoms with Crippen LogP contribution in [0.2, 0.25) is 0 Å². The van der Waals surface area contributed by atoms with Gasteiger partial charge in [0.25, 0.3) is 0 Å². The summed E-state index contributed by atoms with van der Waals surface area (Å²) in [5, 5.41) is 9.12. The lowest BCUT2D eigenvalue weighted by Gasteiger charge is -2.16. The van der Waals surface area contributed by atoms with E-state index >= 15 is 0 Å². The Morgan fingerprint density at radius 1 is 1.19 bits per heavy atom. The first-order valence-electron chi connectivity index (χ1n) is 9.05. The molecule has 0 aromatic heterocycles. The SMILES string of the molecule is CCNC(=NCC(=O)NCCOC)NCC(C)COCc1ccccc1.I. The molecule has 0 spiro atoms. The van der Waals surface area contributed by atoms with Crippen molar-refractivity contribution in [2.75, 3.05) is 46.5 Å². The van der Waals surface area contributed by atoms with Crippen molar-refractivity contribution < 1.29 is 14.3 Å². The van der Waals surface area contributed by atoms with Gasteiger partial charge in [-0.05, 0) is 18.4 Å². The Morgan fingerprint density at radius 2 is 1.93 bits per heavy atom. The molecule has 154 valence electrons. The van der Waals surface area contributed by atoms with Crippen molar-refractivity contribution in [3.63, 3.8) is 0 Å². The summed E-state index contributed by atoms with van der Waals surface area (Å²) in [5.74, 6) is 0.820. The number of benzene rings is 1. The zero-order chi connectivity index (χ0) is 19.0. The molecule has 0 aliphatic carbocycles. The van der Waals surface area contributed by atoms with E-state index in [1.54, 1.807) is 7.11 Å². The van der Waals surface area contributed by atoms with Gasteiger partial charge in [0.15, 0.2) is 5.96 Å². The van der Waals surface area contributed by atoms with Gasteiger partial charge in [0.05, 0.1) is 19.8 Å². The van der Waals surface area contributed by atoms with E-state index < -0.39 is 0 Å². The second kappa shape index (κ2) is 16.8. The van der Waals surface area contributed by atoms with E-state index in [1.807, 2.05) is 25.1 Å². The third kappa shape index (κ3) is 13.4. The molecule has 3 N–H and O–H groups in total. The first-order valence-corrected chi connectivity index (χ1v) is 9.05. The number of carbonyl (C=O) groups is 1. The van der Waals surface area contributed by atoms with Crippen molar-refractivity contribution in [2.24, 2.45) is 10.9 Å². The van der Waals surface area contributed by atoms with Crippen LogP contribution in [0.5, 0.6) is 0 Å². The summed E-state index contributed by atoms with van der Waals surface area (Å²) < 4.78 is 10.6. The molecule has 0 heterocycles. The van der Waals surface area contributed by atoms with Crippen molar-refractivity contribution in [1.82, 2.24) is 16.0 Å². The van der Waals surface area contributed by atoms with Crippen LogP contribution < -0.4 is 16.0 Å². The van der Waals surface area contributed by atoms with Crippen LogP contribution in [0.3, 0.4) is 0 Å². The second-order valence-electron chi connectivity index (χ2n) is 6.02. The molecule has 8 heteroatoms. The molecule has 0 bridgehead atoms. The summed E-state index contributed by atoms with van der Waals surface area (Å²) in [6.07, 6.45) is 0. The second-order valence-corrected chi connectivity index (χ2v) is 6.02. The summed E-state index contributed by atoms with van der Waals surface area (Å²) in [7, 11) is 1.60. The van der Waals surface area contributed by atoms with Gasteiger partial charge >= 0.3 is 0 Å². The van der Waals surface area contributed by atoms with Crippen LogP contribution >= 0.6 is 24.0 Å². The van der Waals surface area contributed by atoms with Crippen molar-refractivity contribution >= 4 is 35.8 Å². The zero-order valence-corrected chi connectivity index (χ0v) is 18.8. The predicted octanol–water partition coefficient (Wildman–Crippen LogP) is 1.77. The molecule has 7 nitrogen and oxygen atoms in total. The van der Waals surface area contributed by atoms with E-state index in [2.05, 4.69) is 40.0 Å². The molecule has 0 aliphatic rings. The van der Waals surface area contributed by atoms with Gasteiger partial charge in [0.1, 0.15) is 6.54 Å². The van der Waals surface area contributed by atoms with Crippen molar-refractivity contribution in [3.8, 4) is 0 Å². The quantitative estimate of drug-likeness (QED) is 0.179. The molecule has 1 amide bonds. The first kappa shape index (κ1) is 25.6. The highest BCUT2D eigenvalue weighted by atomic mass is 127. The smallest absolute Gasteiger partial charge is 0.241 e. The van der Waals surface area contributed by atoms with Crippen molar-refractivity contribution in [1.29, 1.82) is 0 Å². The predicted molar refractivity (Wildman–Crippen MR) is 120 cm³/mol. The molecule has 0 radical (unpaired) electrons. The molecular weight excluding hydrogens is 459 g/mol. The number of halogens is 1. The lowest BCUT2D eigenvalue weighted by atomic mass is 10.2. The Morgan fingerprint density at radius 3 is 2.59 bits per heavy atom. The number of rotatable bonds is 12. The van der Waals surface area contributed by atoms with Crippen LogP contribution in [0.25, 0.3) is 0 Å². The summed E-state index contributed by atoms with van der Waals surface area (Å²) >= 11 is 0. The van der Waals surface area contributed by atoms with Crippen LogP contribution in [0.4, 0.5) is 0 Å². The van der Waals surface area contributed by atoms with Gasteiger partial charge in [-0.25, -0.2) is 4.99 Å². The largest absolute Gasteiger partial charge is 0.383 e. The maximum absolute atomic E-state index is 11.7. The minimum atomic E-state index is -0.126. The van der Waals surface area contributed by atoms with Crippen molar-refractivity contribution in [3.05, 3.63) is 35.9 Å². The molecule has 1 unspecified atom stereocenters. The Kier molecular flexibility index (Phi) is 15.9. The highest BCUT2D eigenvalue weighted by molar-refractivity contribution is 14.0. The lowest BCUT2D eigenvalue weighted by Crippen LogP contribution is -2.41. The Hall–Kier alpha value is -1.39. The fourth-order valence-corrected chi connectivity index (χ4v) is 2.12. The monoisotopic (exact) mass is 492 g/mol. The van der Waals surface area contributed by atoms with Crippen LogP contribution in [0.15, 0.2) is 35.3 Å². The van der Waals surface area contributed by atoms with Gasteiger partial charge in [-0.3, -0.25) is 4.79 Å². The number of aliphatic imine (C=N–C) groups is 1. The fourth-order valence-electron chi connectivity index (χ4n) is 2.12. The number of ether oxygens (including phenoxy) is 2. The number of carbonyl (C=O) groups excluding carboxylic acids is 1. The number of nitrogens with zero attached hydrogens (tertiary/aromatic N) is 1. The van der Waals surface area contributed by atoms with E-state index in [9.17, 15) is 4.79 Å². The van der Waals surface area contributed by atoms with E-state index in [4.69, 9.17) is 9.47 Å². The molecule has 1 atom stereocenters. The Bertz CT molecular complexity index is 529. The summed E-state index contributed by atoms with van der Waals surface area (Å²) in [4.78, 5) is 16.0. The molecular formula is C19H33IN4O3. The van der Waals surface area contributed by atoms with E-state index in [0.717, 1.165) is 6.54 Å². The number of hydrogen-bond acceptors (Lipinski definition) is 4. The molecule has 0 saturated carbocycles. The van der Waals surface area contributed by atoms with Gasteiger partial charge in [-0.1, -0.05) is 37.3 Å². The lowest BCUT2D eigenvalue weighted by molar-refractivity contribution is -0.119. The third-order valence-electron chi connectivity index (χ3n) is 3.49. The van der Waals surface area contributed by atoms with Crippen LogP contribution in [-0.2, 0) is 20.9 Å². The van der Waals surface area contributed by atoms with Crippen LogP contribution in [0, 0.1) is 5.92 Å². The van der Waals surface area contributed by atoms with Gasteiger partial charge in [-0.15, -0.1) is 24.0 Å². The third-order valence-corrected chi connectivity index (χ3v) is 3.49. The average molecular weight is 492 g/mol. The molecule has 0 aliphatic heterocycles. The van der Waals surface area contributed by atoms with Gasteiger partial charge < -0.3 is 25.4 Å². The van der Waals surface area contributed by atoms with Gasteiger partial charge in [0.2, 0.25) is 5.91 Å². The number of hydrogen-bond donors (Lipinski definition) is 3. The van der Waals surface area contributed by atoms with E-state index in [0.29, 0.717) is 44.8 Å². The fraction of sp³-hybridized carbons (Fsp3) is 0.579. The first-order chi connectivity index (χ1) is 12.7. The number of amides is 1. The Balaban J connectivity index is 0.00000676. The molecule has 27 heavy (non-hydrogen) atoms. The van der Waals surface area contributed by atoms with Crippen LogP contribution in [-0.4, -0.2) is 58.4 Å². The van der Waals surface area contributed by atoms with Crippen LogP contribution in [0.1, 0.15) is 19.4 Å². The molecule has 1 aromatic carbocycles. The zero-order valence-electron chi connectivity index (χ0n) is 16.5. The van der Waals surface area contributed by atoms with Gasteiger partial charge in [0, 0.05) is 26.7 Å². The molecule has 1 rings (SSSR count). The normalized spacial score (nSPS) is 12.0. The molecule has 0 saturated heterocycles. The van der Waals surface area contributed by atoms with Crippen molar-refractivity contribution in [2.45, 2.75) is 20.5 Å². The minimum absolute atomic E-state index is 0. The molecule has 1 aromatic rings. The maximum Gasteiger partial charge on any atom is 0.241 e. The topological polar surface area (TPSA) is 84.0 Å². The summed E-state index contributed by atoms with van der Waals surface area (Å²) in [6.45, 7) is 7.87. The van der Waals surface area contributed by atoms with Gasteiger partial charge in [-0.2, -0.15) is 0 Å². The Labute approximate surface area is 179 Å². The summed E-state index contributed by atoms with van der Waals surface area (Å²) in [6, 6.07) is 10.1. The summed E-state index contributed by atoms with van der Waals surface area (Å²) in [5.41, 5.74) is 1.17. The highest BCUT2D eigenvalue weighted by Crippen LogP contribution is 2.02. The number of guanidine groups is 1. The number of nitrogens with one attached hydrogen (secondary N) is 3. The van der Waals surface area contributed by atoms with E-state index in [-0.39, 0.29) is 36.4 Å². The minimum Gasteiger partial charge on any atom is -0.383 e. The number of methoxy groups -OCH3 is 1. The standard InChI is InChI=1S/C19H32N4O3.HI/c1-4-20-19(23-13-18(24)21-10-11-25-3)22-12-16(2)14-26-15-17-8-6-5-7-9-17;/h5-9,16H,4,10-15H2,1-3H3,(H,21,24)(H2,20,22,23);1H. The highest BCUT2D eigenvalue weighted by Gasteiger charge is 2.06. The molecule has 0 fully saturated rings. The maximum atomic E-state index is 11.7. The van der Waals surface area contributed by atoms with E-state index in [1.165, 1.54) is 5.56 Å². The average Bonchev–Trinajstić information content (AvgIpc) is 2.65.